The van der Waals surface area contributed by atoms with Crippen LogP contribution in [0.15, 0.2) is 12.4 Å². The Hall–Kier alpha value is -0.700. The molecule has 1 aliphatic rings. The first-order valence-corrected chi connectivity index (χ1v) is 4.49. The van der Waals surface area contributed by atoms with Crippen LogP contribution in [0.4, 0.5) is 0 Å². The molecule has 0 spiro atoms. The first kappa shape index (κ1) is 9.39. The van der Waals surface area contributed by atoms with Crippen LogP contribution in [0.3, 0.4) is 0 Å². The number of aliphatic hydroxyl groups is 1. The first-order valence-electron chi connectivity index (χ1n) is 4.49. The number of aliphatic hydroxyl groups excluding tert-OH is 1. The standard InChI is InChI=1S/C9H18N2O/c1-4-9(12)7-11-6-5-10(3)8(11)2/h5-6,8-9,12H,4,7H2,1-3H3. The summed E-state index contributed by atoms with van der Waals surface area (Å²) in [5.41, 5.74) is 0. The van der Waals surface area contributed by atoms with Crippen molar-refractivity contribution in [2.24, 2.45) is 0 Å². The fraction of sp³-hybridized carbons (Fsp3) is 0.778. The highest BCUT2D eigenvalue weighted by atomic mass is 16.3. The van der Waals surface area contributed by atoms with Gasteiger partial charge in [-0.3, -0.25) is 0 Å². The molecule has 0 radical (unpaired) electrons. The van der Waals surface area contributed by atoms with E-state index in [0.717, 1.165) is 13.0 Å². The molecule has 0 saturated heterocycles. The maximum absolute atomic E-state index is 9.43. The quantitative estimate of drug-likeness (QED) is 0.679. The van der Waals surface area contributed by atoms with Crippen LogP contribution < -0.4 is 0 Å². The second-order valence-corrected chi connectivity index (χ2v) is 3.35. The molecule has 2 atom stereocenters. The maximum atomic E-state index is 9.43. The average Bonchev–Trinajstić information content (AvgIpc) is 2.36. The van der Waals surface area contributed by atoms with Gasteiger partial charge < -0.3 is 14.9 Å². The molecule has 1 aliphatic heterocycles. The van der Waals surface area contributed by atoms with Crippen LogP contribution in [-0.4, -0.2) is 40.8 Å². The van der Waals surface area contributed by atoms with Gasteiger partial charge in [0.25, 0.3) is 0 Å². The zero-order valence-electron chi connectivity index (χ0n) is 8.07. The third-order valence-corrected chi connectivity index (χ3v) is 2.46. The summed E-state index contributed by atoms with van der Waals surface area (Å²) in [6.45, 7) is 4.86. The van der Waals surface area contributed by atoms with Crippen molar-refractivity contribution in [2.75, 3.05) is 13.6 Å². The van der Waals surface area contributed by atoms with Gasteiger partial charge in [0.2, 0.25) is 0 Å². The highest BCUT2D eigenvalue weighted by Gasteiger charge is 2.19. The monoisotopic (exact) mass is 170 g/mol. The molecule has 0 amide bonds. The number of nitrogens with zero attached hydrogens (tertiary/aromatic N) is 2. The van der Waals surface area contributed by atoms with Crippen LogP contribution in [-0.2, 0) is 0 Å². The van der Waals surface area contributed by atoms with E-state index in [-0.39, 0.29) is 6.10 Å². The van der Waals surface area contributed by atoms with Crippen LogP contribution in [0.2, 0.25) is 0 Å². The fourth-order valence-corrected chi connectivity index (χ4v) is 1.26. The summed E-state index contributed by atoms with van der Waals surface area (Å²) < 4.78 is 0. The van der Waals surface area contributed by atoms with Gasteiger partial charge in [-0.1, -0.05) is 6.92 Å². The Bertz CT molecular complexity index is 170. The lowest BCUT2D eigenvalue weighted by Crippen LogP contribution is -2.37. The Morgan fingerprint density at radius 1 is 1.50 bits per heavy atom. The summed E-state index contributed by atoms with van der Waals surface area (Å²) in [5.74, 6) is 0. The van der Waals surface area contributed by atoms with Gasteiger partial charge in [0, 0.05) is 26.0 Å². The number of hydrogen-bond donors (Lipinski definition) is 1. The second kappa shape index (κ2) is 3.81. The van der Waals surface area contributed by atoms with Crippen molar-refractivity contribution in [3.8, 4) is 0 Å². The van der Waals surface area contributed by atoms with Crippen molar-refractivity contribution < 1.29 is 5.11 Å². The molecule has 1 N–H and O–H groups in total. The average molecular weight is 170 g/mol. The number of rotatable bonds is 3. The third-order valence-electron chi connectivity index (χ3n) is 2.46. The molecular weight excluding hydrogens is 152 g/mol. The van der Waals surface area contributed by atoms with Crippen molar-refractivity contribution in [1.82, 2.24) is 9.80 Å². The van der Waals surface area contributed by atoms with E-state index in [1.807, 2.05) is 26.4 Å². The van der Waals surface area contributed by atoms with Crippen LogP contribution in [0.1, 0.15) is 20.3 Å². The van der Waals surface area contributed by atoms with Gasteiger partial charge >= 0.3 is 0 Å². The molecule has 0 aromatic heterocycles. The third kappa shape index (κ3) is 1.91. The molecule has 2 unspecified atom stereocenters. The van der Waals surface area contributed by atoms with Crippen molar-refractivity contribution in [2.45, 2.75) is 32.5 Å². The van der Waals surface area contributed by atoms with Crippen LogP contribution >= 0.6 is 0 Å². The summed E-state index contributed by atoms with van der Waals surface area (Å²) in [6.07, 6.45) is 5.06. The van der Waals surface area contributed by atoms with Crippen LogP contribution in [0.25, 0.3) is 0 Å². The van der Waals surface area contributed by atoms with Gasteiger partial charge in [-0.15, -0.1) is 0 Å². The van der Waals surface area contributed by atoms with Crippen molar-refractivity contribution in [3.05, 3.63) is 12.4 Å². The SMILES string of the molecule is CCC(O)CN1C=CN(C)C1C. The van der Waals surface area contributed by atoms with Crippen LogP contribution in [0.5, 0.6) is 0 Å². The van der Waals surface area contributed by atoms with Gasteiger partial charge in [0.15, 0.2) is 0 Å². The fourth-order valence-electron chi connectivity index (χ4n) is 1.26. The Kier molecular flexibility index (Phi) is 2.98. The number of β-amino-alcohol motifs (C(OH)–C–C–N with tert-alkyl or cyclic N) is 1. The Morgan fingerprint density at radius 3 is 2.58 bits per heavy atom. The minimum atomic E-state index is -0.205. The Labute approximate surface area is 74.3 Å². The summed E-state index contributed by atoms with van der Waals surface area (Å²) in [7, 11) is 2.04. The van der Waals surface area contributed by atoms with Crippen molar-refractivity contribution in [1.29, 1.82) is 0 Å². The van der Waals surface area contributed by atoms with E-state index in [2.05, 4.69) is 16.7 Å². The van der Waals surface area contributed by atoms with E-state index in [0.29, 0.717) is 6.17 Å². The van der Waals surface area contributed by atoms with E-state index in [1.165, 1.54) is 0 Å². The molecule has 0 aromatic rings. The smallest absolute Gasteiger partial charge is 0.0976 e. The van der Waals surface area contributed by atoms with E-state index >= 15 is 0 Å². The largest absolute Gasteiger partial charge is 0.391 e. The minimum Gasteiger partial charge on any atom is -0.391 e. The lowest BCUT2D eigenvalue weighted by molar-refractivity contribution is 0.0960. The first-order chi connectivity index (χ1) is 5.65. The molecule has 0 bridgehead atoms. The van der Waals surface area contributed by atoms with E-state index in [1.54, 1.807) is 0 Å². The van der Waals surface area contributed by atoms with Crippen molar-refractivity contribution >= 4 is 0 Å². The maximum Gasteiger partial charge on any atom is 0.0976 e. The molecule has 1 heterocycles. The topological polar surface area (TPSA) is 26.7 Å². The summed E-state index contributed by atoms with van der Waals surface area (Å²) >= 11 is 0. The summed E-state index contributed by atoms with van der Waals surface area (Å²) in [6, 6.07) is 0. The van der Waals surface area contributed by atoms with Gasteiger partial charge in [-0.2, -0.15) is 0 Å². The van der Waals surface area contributed by atoms with E-state index < -0.39 is 0 Å². The van der Waals surface area contributed by atoms with Gasteiger partial charge in [-0.25, -0.2) is 0 Å². The predicted octanol–water partition coefficient (Wildman–Crippen LogP) is 0.822. The summed E-state index contributed by atoms with van der Waals surface area (Å²) in [5, 5.41) is 9.43. The normalized spacial score (nSPS) is 25.2. The lowest BCUT2D eigenvalue weighted by atomic mass is 10.2. The molecule has 0 saturated carbocycles. The molecule has 0 aliphatic carbocycles. The molecule has 70 valence electrons. The van der Waals surface area contributed by atoms with Gasteiger partial charge in [0.1, 0.15) is 0 Å². The van der Waals surface area contributed by atoms with E-state index in [9.17, 15) is 5.11 Å². The molecule has 3 nitrogen and oxygen atoms in total. The van der Waals surface area contributed by atoms with Gasteiger partial charge in [0.05, 0.1) is 12.3 Å². The van der Waals surface area contributed by atoms with E-state index in [4.69, 9.17) is 0 Å². The highest BCUT2D eigenvalue weighted by Crippen LogP contribution is 2.13. The minimum absolute atomic E-state index is 0.205. The lowest BCUT2D eigenvalue weighted by Gasteiger charge is -2.28. The van der Waals surface area contributed by atoms with Crippen molar-refractivity contribution in [3.63, 3.8) is 0 Å². The zero-order chi connectivity index (χ0) is 9.14. The summed E-state index contributed by atoms with van der Waals surface area (Å²) in [4.78, 5) is 4.27. The highest BCUT2D eigenvalue weighted by molar-refractivity contribution is 4.94. The molecular formula is C9H18N2O. The Morgan fingerprint density at radius 2 is 2.17 bits per heavy atom. The molecule has 0 aromatic carbocycles. The van der Waals surface area contributed by atoms with Gasteiger partial charge in [-0.05, 0) is 13.3 Å². The molecule has 0 fully saturated rings. The number of hydrogen-bond acceptors (Lipinski definition) is 3. The molecule has 3 heteroatoms. The Balaban J connectivity index is 2.39. The molecule has 12 heavy (non-hydrogen) atoms. The zero-order valence-corrected chi connectivity index (χ0v) is 8.07. The van der Waals surface area contributed by atoms with Crippen LogP contribution in [0, 0.1) is 0 Å². The molecule has 1 rings (SSSR count). The predicted molar refractivity (Wildman–Crippen MR) is 49.4 cm³/mol. The second-order valence-electron chi connectivity index (χ2n) is 3.35.